The first-order valence-electron chi connectivity index (χ1n) is 6.57. The minimum Gasteiger partial charge on any atom is -0.492 e. The summed E-state index contributed by atoms with van der Waals surface area (Å²) in [6.45, 7) is 6.27. The van der Waals surface area contributed by atoms with Crippen molar-refractivity contribution in [1.82, 2.24) is 4.90 Å². The molecule has 5 heteroatoms. The number of halogens is 1. The molecule has 19 heavy (non-hydrogen) atoms. The van der Waals surface area contributed by atoms with E-state index in [1.807, 2.05) is 0 Å². The molecule has 1 fully saturated rings. The fraction of sp³-hybridized carbons (Fsp3) is 0.571. The monoisotopic (exact) mass is 269 g/mol. The van der Waals surface area contributed by atoms with Crippen LogP contribution in [0.25, 0.3) is 0 Å². The number of nitrogens with zero attached hydrogens (tertiary/aromatic N) is 1. The van der Waals surface area contributed by atoms with Gasteiger partial charge in [0.25, 0.3) is 0 Å². The third-order valence-corrected chi connectivity index (χ3v) is 3.19. The third kappa shape index (κ3) is 4.16. The van der Waals surface area contributed by atoms with Gasteiger partial charge in [-0.2, -0.15) is 0 Å². The summed E-state index contributed by atoms with van der Waals surface area (Å²) in [5.41, 5.74) is 0.488. The predicted molar refractivity (Wildman–Crippen MR) is 69.8 cm³/mol. The van der Waals surface area contributed by atoms with E-state index in [1.54, 1.807) is 13.0 Å². The Bertz CT molecular complexity index is 406. The van der Waals surface area contributed by atoms with Crippen molar-refractivity contribution in [2.45, 2.75) is 13.0 Å². The summed E-state index contributed by atoms with van der Waals surface area (Å²) in [4.78, 5) is 2.26. The van der Waals surface area contributed by atoms with E-state index >= 15 is 0 Å². The van der Waals surface area contributed by atoms with Gasteiger partial charge in [0.05, 0.1) is 19.3 Å². The number of benzene rings is 1. The maximum atomic E-state index is 13.1. The molecule has 4 nitrogen and oxygen atoms in total. The Balaban J connectivity index is 1.88. The number of aliphatic hydroxyl groups is 1. The number of ether oxygens (including phenoxy) is 2. The first kappa shape index (κ1) is 14.2. The van der Waals surface area contributed by atoms with Crippen molar-refractivity contribution in [3.05, 3.63) is 29.6 Å². The molecule has 1 N–H and O–H groups in total. The fourth-order valence-corrected chi connectivity index (χ4v) is 2.09. The van der Waals surface area contributed by atoms with Crippen molar-refractivity contribution < 1.29 is 19.0 Å². The van der Waals surface area contributed by atoms with E-state index in [0.717, 1.165) is 32.8 Å². The molecule has 2 rings (SSSR count). The molecule has 1 saturated heterocycles. The van der Waals surface area contributed by atoms with Gasteiger partial charge < -0.3 is 14.6 Å². The molecule has 1 aliphatic heterocycles. The summed E-state index contributed by atoms with van der Waals surface area (Å²) >= 11 is 0. The number of rotatable bonds is 5. The van der Waals surface area contributed by atoms with Crippen molar-refractivity contribution >= 4 is 0 Å². The van der Waals surface area contributed by atoms with Gasteiger partial charge in [-0.25, -0.2) is 4.39 Å². The van der Waals surface area contributed by atoms with E-state index in [9.17, 15) is 9.50 Å². The largest absolute Gasteiger partial charge is 0.492 e. The van der Waals surface area contributed by atoms with Crippen molar-refractivity contribution in [2.75, 3.05) is 39.5 Å². The van der Waals surface area contributed by atoms with Crippen LogP contribution in [0, 0.1) is 5.82 Å². The summed E-state index contributed by atoms with van der Waals surface area (Å²) in [6.07, 6.45) is -0.742. The van der Waals surface area contributed by atoms with Crippen LogP contribution in [0.15, 0.2) is 18.2 Å². The van der Waals surface area contributed by atoms with E-state index in [1.165, 1.54) is 12.1 Å². The van der Waals surface area contributed by atoms with Gasteiger partial charge in [0, 0.05) is 25.2 Å². The van der Waals surface area contributed by atoms with Gasteiger partial charge in [-0.3, -0.25) is 4.90 Å². The van der Waals surface area contributed by atoms with Crippen LogP contribution in [0.5, 0.6) is 5.75 Å². The van der Waals surface area contributed by atoms with Crippen LogP contribution in [-0.4, -0.2) is 49.5 Å². The Morgan fingerprint density at radius 2 is 2.16 bits per heavy atom. The lowest BCUT2D eigenvalue weighted by atomic mass is 10.1. The Kier molecular flexibility index (Phi) is 5.13. The van der Waals surface area contributed by atoms with E-state index in [0.29, 0.717) is 17.9 Å². The molecule has 0 amide bonds. The minimum atomic E-state index is -0.742. The topological polar surface area (TPSA) is 41.9 Å². The van der Waals surface area contributed by atoms with Crippen molar-refractivity contribution in [1.29, 1.82) is 0 Å². The maximum Gasteiger partial charge on any atom is 0.125 e. The van der Waals surface area contributed by atoms with Crippen LogP contribution >= 0.6 is 0 Å². The zero-order valence-corrected chi connectivity index (χ0v) is 11.1. The zero-order chi connectivity index (χ0) is 13.7. The van der Waals surface area contributed by atoms with Crippen molar-refractivity contribution in [3.8, 4) is 5.75 Å². The molecular weight excluding hydrogens is 249 g/mol. The van der Waals surface area contributed by atoms with E-state index in [4.69, 9.17) is 9.47 Å². The van der Waals surface area contributed by atoms with Crippen molar-refractivity contribution in [2.24, 2.45) is 0 Å². The molecule has 106 valence electrons. The van der Waals surface area contributed by atoms with E-state index in [-0.39, 0.29) is 5.82 Å². The first-order valence-corrected chi connectivity index (χ1v) is 6.57. The van der Waals surface area contributed by atoms with Gasteiger partial charge >= 0.3 is 0 Å². The van der Waals surface area contributed by atoms with Crippen LogP contribution in [0.3, 0.4) is 0 Å². The third-order valence-electron chi connectivity index (χ3n) is 3.19. The highest BCUT2D eigenvalue weighted by atomic mass is 19.1. The van der Waals surface area contributed by atoms with Gasteiger partial charge in [-0.15, -0.1) is 0 Å². The second-order valence-electron chi connectivity index (χ2n) is 4.66. The maximum absolute atomic E-state index is 13.1. The smallest absolute Gasteiger partial charge is 0.125 e. The lowest BCUT2D eigenvalue weighted by molar-refractivity contribution is 0.0320. The van der Waals surface area contributed by atoms with Gasteiger partial charge in [0.15, 0.2) is 0 Å². The van der Waals surface area contributed by atoms with Crippen LogP contribution in [0.2, 0.25) is 0 Å². The molecule has 0 spiro atoms. The molecule has 1 aromatic carbocycles. The summed E-state index contributed by atoms with van der Waals surface area (Å²) in [7, 11) is 0. The van der Waals surface area contributed by atoms with Gasteiger partial charge in [-0.05, 0) is 25.1 Å². The van der Waals surface area contributed by atoms with E-state index < -0.39 is 6.10 Å². The molecule has 0 aromatic heterocycles. The number of hydrogen-bond donors (Lipinski definition) is 1. The molecule has 1 heterocycles. The highest BCUT2D eigenvalue weighted by molar-refractivity contribution is 5.35. The molecule has 0 radical (unpaired) electrons. The number of hydrogen-bond acceptors (Lipinski definition) is 4. The highest BCUT2D eigenvalue weighted by Gasteiger charge is 2.13. The first-order chi connectivity index (χ1) is 9.16. The van der Waals surface area contributed by atoms with Crippen LogP contribution in [0.4, 0.5) is 4.39 Å². The molecule has 1 atom stereocenters. The predicted octanol–water partition coefficient (Wildman–Crippen LogP) is 1.59. The summed E-state index contributed by atoms with van der Waals surface area (Å²) in [6, 6.07) is 4.22. The van der Waals surface area contributed by atoms with Crippen LogP contribution in [-0.2, 0) is 4.74 Å². The molecule has 0 bridgehead atoms. The Morgan fingerprint density at radius 3 is 2.84 bits per heavy atom. The summed E-state index contributed by atoms with van der Waals surface area (Å²) in [5.74, 6) is 0.182. The van der Waals surface area contributed by atoms with Gasteiger partial charge in [0.2, 0.25) is 0 Å². The van der Waals surface area contributed by atoms with Gasteiger partial charge in [0.1, 0.15) is 18.2 Å². The summed E-state index contributed by atoms with van der Waals surface area (Å²) < 4.78 is 24.0. The average Bonchev–Trinajstić information content (AvgIpc) is 2.41. The molecule has 0 aliphatic carbocycles. The van der Waals surface area contributed by atoms with Gasteiger partial charge in [-0.1, -0.05) is 0 Å². The highest BCUT2D eigenvalue weighted by Crippen LogP contribution is 2.25. The lowest BCUT2D eigenvalue weighted by Gasteiger charge is -2.26. The molecule has 0 saturated carbocycles. The zero-order valence-electron chi connectivity index (χ0n) is 11.1. The summed E-state index contributed by atoms with van der Waals surface area (Å²) in [5, 5.41) is 9.60. The standard InChI is InChI=1S/C14H20FNO3/c1-11(17)13-10-12(15)2-3-14(13)19-9-6-16-4-7-18-8-5-16/h2-3,10-11,17H,4-9H2,1H3/t11-/m0/s1. The molecule has 0 unspecified atom stereocenters. The van der Waals surface area contributed by atoms with E-state index in [2.05, 4.69) is 4.90 Å². The van der Waals surface area contributed by atoms with Crippen LogP contribution in [0.1, 0.15) is 18.6 Å². The number of aliphatic hydroxyl groups excluding tert-OH is 1. The molecule has 1 aromatic rings. The quantitative estimate of drug-likeness (QED) is 0.881. The lowest BCUT2D eigenvalue weighted by Crippen LogP contribution is -2.38. The Hall–Kier alpha value is -1.17. The Labute approximate surface area is 112 Å². The normalized spacial score (nSPS) is 18.3. The number of morpholine rings is 1. The average molecular weight is 269 g/mol. The second kappa shape index (κ2) is 6.84. The Morgan fingerprint density at radius 1 is 1.42 bits per heavy atom. The minimum absolute atomic E-state index is 0.364. The van der Waals surface area contributed by atoms with Crippen LogP contribution < -0.4 is 4.74 Å². The fourth-order valence-electron chi connectivity index (χ4n) is 2.09. The van der Waals surface area contributed by atoms with Crippen molar-refractivity contribution in [3.63, 3.8) is 0 Å². The second-order valence-corrected chi connectivity index (χ2v) is 4.66. The SMILES string of the molecule is C[C@H](O)c1cc(F)ccc1OCCN1CCOCC1. The molecule has 1 aliphatic rings. The molecular formula is C14H20FNO3.